The second-order valence-corrected chi connectivity index (χ2v) is 7.09. The predicted octanol–water partition coefficient (Wildman–Crippen LogP) is 3.74. The molecule has 1 aromatic carbocycles. The summed E-state index contributed by atoms with van der Waals surface area (Å²) in [6.45, 7) is 5.21. The van der Waals surface area contributed by atoms with Crippen LogP contribution < -0.4 is 10.1 Å². The Morgan fingerprint density at radius 1 is 1.18 bits per heavy atom. The summed E-state index contributed by atoms with van der Waals surface area (Å²) in [7, 11) is 4.07. The van der Waals surface area contributed by atoms with Gasteiger partial charge in [-0.15, -0.1) is 0 Å². The van der Waals surface area contributed by atoms with Gasteiger partial charge in [0.2, 0.25) is 0 Å². The van der Waals surface area contributed by atoms with E-state index < -0.39 is 6.61 Å². The number of hydrogen-bond acceptors (Lipinski definition) is 3. The van der Waals surface area contributed by atoms with Gasteiger partial charge < -0.3 is 15.0 Å². The summed E-state index contributed by atoms with van der Waals surface area (Å²) >= 11 is 0. The van der Waals surface area contributed by atoms with Crippen LogP contribution in [-0.2, 0) is 6.54 Å². The van der Waals surface area contributed by atoms with Crippen LogP contribution in [0.3, 0.4) is 0 Å². The summed E-state index contributed by atoms with van der Waals surface area (Å²) < 4.78 is 29.5. The van der Waals surface area contributed by atoms with Gasteiger partial charge in [-0.3, -0.25) is 0 Å². The lowest BCUT2D eigenvalue weighted by Gasteiger charge is -2.29. The first-order chi connectivity index (χ1) is 10.2. The number of ether oxygens (including phenoxy) is 1. The third-order valence-electron chi connectivity index (χ3n) is 3.21. The van der Waals surface area contributed by atoms with Crippen LogP contribution >= 0.6 is 0 Å². The van der Waals surface area contributed by atoms with E-state index in [1.807, 2.05) is 26.2 Å². The Morgan fingerprint density at radius 2 is 1.82 bits per heavy atom. The first-order valence-electron chi connectivity index (χ1n) is 7.58. The Kier molecular flexibility index (Phi) is 7.23. The molecule has 0 aromatic heterocycles. The maximum atomic E-state index is 12.4. The molecule has 0 spiro atoms. The van der Waals surface area contributed by atoms with Gasteiger partial charge in [-0.25, -0.2) is 0 Å². The van der Waals surface area contributed by atoms with Crippen LogP contribution in [-0.4, -0.2) is 38.2 Å². The zero-order chi connectivity index (χ0) is 16.8. The molecule has 1 atom stereocenters. The van der Waals surface area contributed by atoms with Crippen molar-refractivity contribution < 1.29 is 13.5 Å². The Morgan fingerprint density at radius 3 is 2.36 bits per heavy atom. The highest BCUT2D eigenvalue weighted by molar-refractivity contribution is 5.33. The van der Waals surface area contributed by atoms with E-state index in [2.05, 4.69) is 35.7 Å². The highest BCUT2D eigenvalue weighted by Crippen LogP contribution is 2.23. The van der Waals surface area contributed by atoms with Gasteiger partial charge in [0.05, 0.1) is 0 Å². The van der Waals surface area contributed by atoms with E-state index in [0.29, 0.717) is 6.54 Å². The third-order valence-corrected chi connectivity index (χ3v) is 3.21. The van der Waals surface area contributed by atoms with Crippen molar-refractivity contribution in [2.75, 3.05) is 20.6 Å². The van der Waals surface area contributed by atoms with Gasteiger partial charge in [0.1, 0.15) is 5.75 Å². The number of nitrogens with one attached hydrogen (secondary N) is 1. The second-order valence-electron chi connectivity index (χ2n) is 7.09. The summed E-state index contributed by atoms with van der Waals surface area (Å²) in [6, 6.07) is 7.21. The topological polar surface area (TPSA) is 24.5 Å². The van der Waals surface area contributed by atoms with Crippen LogP contribution in [0.25, 0.3) is 0 Å². The SMILES string of the molecule is CN(C)C[C@H](CC(C)(C)C)NCc1ccccc1OC(F)F. The molecular weight excluding hydrogens is 286 g/mol. The maximum Gasteiger partial charge on any atom is 0.387 e. The van der Waals surface area contributed by atoms with E-state index in [0.717, 1.165) is 18.5 Å². The molecule has 0 bridgehead atoms. The minimum absolute atomic E-state index is 0.201. The van der Waals surface area contributed by atoms with Crippen molar-refractivity contribution in [3.63, 3.8) is 0 Å². The van der Waals surface area contributed by atoms with Crippen molar-refractivity contribution in [1.82, 2.24) is 10.2 Å². The number of halogens is 2. The van der Waals surface area contributed by atoms with Crippen LogP contribution in [0.4, 0.5) is 8.78 Å². The summed E-state index contributed by atoms with van der Waals surface area (Å²) in [6.07, 6.45) is 1.00. The van der Waals surface area contributed by atoms with Crippen molar-refractivity contribution in [2.45, 2.75) is 46.4 Å². The number of hydrogen-bond donors (Lipinski definition) is 1. The van der Waals surface area contributed by atoms with Crippen LogP contribution in [0.5, 0.6) is 5.75 Å². The van der Waals surface area contributed by atoms with Crippen molar-refractivity contribution in [3.05, 3.63) is 29.8 Å². The van der Waals surface area contributed by atoms with E-state index >= 15 is 0 Å². The monoisotopic (exact) mass is 314 g/mol. The fourth-order valence-electron chi connectivity index (χ4n) is 2.50. The lowest BCUT2D eigenvalue weighted by Crippen LogP contribution is -2.40. The number of para-hydroxylation sites is 1. The molecule has 1 rings (SSSR count). The molecule has 0 radical (unpaired) electrons. The molecule has 0 aliphatic rings. The zero-order valence-corrected chi connectivity index (χ0v) is 14.2. The quantitative estimate of drug-likeness (QED) is 0.791. The maximum absolute atomic E-state index is 12.4. The average Bonchev–Trinajstić information content (AvgIpc) is 2.34. The van der Waals surface area contributed by atoms with E-state index in [4.69, 9.17) is 0 Å². The summed E-state index contributed by atoms with van der Waals surface area (Å²) in [5.74, 6) is 0.240. The van der Waals surface area contributed by atoms with Crippen LogP contribution in [0.15, 0.2) is 24.3 Å². The molecule has 0 heterocycles. The lowest BCUT2D eigenvalue weighted by molar-refractivity contribution is -0.0505. The Balaban J connectivity index is 2.71. The van der Waals surface area contributed by atoms with Crippen LogP contribution in [0.2, 0.25) is 0 Å². The van der Waals surface area contributed by atoms with E-state index in [-0.39, 0.29) is 17.2 Å². The normalized spacial score (nSPS) is 13.7. The van der Waals surface area contributed by atoms with Gasteiger partial charge >= 0.3 is 6.61 Å². The fraction of sp³-hybridized carbons (Fsp3) is 0.647. The Labute approximate surface area is 132 Å². The first kappa shape index (κ1) is 18.8. The van der Waals surface area contributed by atoms with Gasteiger partial charge in [-0.2, -0.15) is 8.78 Å². The number of nitrogens with zero attached hydrogens (tertiary/aromatic N) is 1. The standard InChI is InChI=1S/C17H28F2N2O/c1-17(2,3)10-14(12-21(4)5)20-11-13-8-6-7-9-15(13)22-16(18)19/h6-9,14,16,20H,10-12H2,1-5H3/t14-/m0/s1. The summed E-state index contributed by atoms with van der Waals surface area (Å²) in [4.78, 5) is 2.13. The molecule has 0 amide bonds. The number of likely N-dealkylation sites (N-methyl/N-ethyl adjacent to an activating group) is 1. The second kappa shape index (κ2) is 8.44. The van der Waals surface area contributed by atoms with Gasteiger partial charge in [-0.05, 0) is 32.0 Å². The minimum Gasteiger partial charge on any atom is -0.434 e. The minimum atomic E-state index is -2.80. The molecule has 0 fully saturated rings. The highest BCUT2D eigenvalue weighted by Gasteiger charge is 2.19. The molecule has 3 nitrogen and oxygen atoms in total. The molecule has 0 aliphatic carbocycles. The van der Waals surface area contributed by atoms with Gasteiger partial charge in [0.25, 0.3) is 0 Å². The van der Waals surface area contributed by atoms with E-state index in [9.17, 15) is 8.78 Å². The molecule has 0 unspecified atom stereocenters. The molecule has 22 heavy (non-hydrogen) atoms. The van der Waals surface area contributed by atoms with Gasteiger partial charge in [0, 0.05) is 24.7 Å². The molecule has 1 N–H and O–H groups in total. The largest absolute Gasteiger partial charge is 0.434 e. The molecule has 0 saturated carbocycles. The first-order valence-corrected chi connectivity index (χ1v) is 7.58. The number of benzene rings is 1. The predicted molar refractivity (Wildman–Crippen MR) is 86.3 cm³/mol. The fourth-order valence-corrected chi connectivity index (χ4v) is 2.50. The van der Waals surface area contributed by atoms with E-state index in [1.165, 1.54) is 0 Å². The van der Waals surface area contributed by atoms with Crippen molar-refractivity contribution in [1.29, 1.82) is 0 Å². The molecule has 0 saturated heterocycles. The Hall–Kier alpha value is -1.20. The van der Waals surface area contributed by atoms with Crippen LogP contribution in [0, 0.1) is 5.41 Å². The van der Waals surface area contributed by atoms with Gasteiger partial charge in [0.15, 0.2) is 0 Å². The smallest absolute Gasteiger partial charge is 0.387 e. The lowest BCUT2D eigenvalue weighted by atomic mass is 9.88. The number of alkyl halides is 2. The van der Waals surface area contributed by atoms with Crippen molar-refractivity contribution >= 4 is 0 Å². The average molecular weight is 314 g/mol. The zero-order valence-electron chi connectivity index (χ0n) is 14.2. The van der Waals surface area contributed by atoms with Gasteiger partial charge in [-0.1, -0.05) is 39.0 Å². The third kappa shape index (κ3) is 7.71. The molecule has 126 valence electrons. The Bertz CT molecular complexity index is 445. The molecule has 0 aliphatic heterocycles. The number of rotatable bonds is 8. The summed E-state index contributed by atoms with van der Waals surface area (Å²) in [5, 5.41) is 3.47. The summed E-state index contributed by atoms with van der Waals surface area (Å²) in [5.41, 5.74) is 0.951. The van der Waals surface area contributed by atoms with Crippen molar-refractivity contribution in [3.8, 4) is 5.75 Å². The van der Waals surface area contributed by atoms with E-state index in [1.54, 1.807) is 12.1 Å². The molecular formula is C17H28F2N2O. The highest BCUT2D eigenvalue weighted by atomic mass is 19.3. The molecule has 5 heteroatoms. The van der Waals surface area contributed by atoms with Crippen molar-refractivity contribution in [2.24, 2.45) is 5.41 Å². The molecule has 1 aromatic rings. The van der Waals surface area contributed by atoms with Crippen LogP contribution in [0.1, 0.15) is 32.8 Å².